The summed E-state index contributed by atoms with van der Waals surface area (Å²) in [5.41, 5.74) is 2.99. The van der Waals surface area contributed by atoms with Crippen LogP contribution in [0.3, 0.4) is 0 Å². The number of aromatic hydroxyl groups is 2. The number of halogens is 2. The number of fused-ring (bicyclic) bond motifs is 2. The number of aryl methyl sites for hydroxylation is 2. The first-order valence-electron chi connectivity index (χ1n) is 12.3. The Labute approximate surface area is 235 Å². The molecule has 2 nitrogen and oxygen atoms in total. The predicted octanol–water partition coefficient (Wildman–Crippen LogP) is 4.68. The van der Waals surface area contributed by atoms with E-state index in [1.807, 2.05) is 0 Å². The zero-order chi connectivity index (χ0) is 25.3. The molecule has 0 heterocycles. The molecule has 0 spiro atoms. The van der Waals surface area contributed by atoms with E-state index in [2.05, 4.69) is 48.6 Å². The third-order valence-electron chi connectivity index (χ3n) is 6.18. The van der Waals surface area contributed by atoms with Crippen molar-refractivity contribution in [1.29, 1.82) is 0 Å². The molecule has 0 atom stereocenters. The summed E-state index contributed by atoms with van der Waals surface area (Å²) in [4.78, 5) is 0. The van der Waals surface area contributed by atoms with Crippen molar-refractivity contribution in [2.45, 2.75) is 38.5 Å². The van der Waals surface area contributed by atoms with E-state index >= 15 is 0 Å². The fraction of sp³-hybridized carbons (Fsp3) is 0.188. The van der Waals surface area contributed by atoms with Crippen molar-refractivity contribution >= 4 is 24.3 Å². The topological polar surface area (TPSA) is 40.5 Å². The van der Waals surface area contributed by atoms with E-state index in [1.165, 1.54) is 106 Å². The summed E-state index contributed by atoms with van der Waals surface area (Å²) in [5.74, 6) is -0.483. The Morgan fingerprint density at radius 3 is 1.24 bits per heavy atom. The normalized spacial score (nSPS) is 12.7. The first-order chi connectivity index (χ1) is 17.5. The molecule has 4 aromatic rings. The molecule has 188 valence electrons. The van der Waals surface area contributed by atoms with Gasteiger partial charge >= 0.3 is 26.2 Å². The number of phenols is 2. The Balaban J connectivity index is 0.000000186. The smallest absolute Gasteiger partial charge is 0.508 e. The Hall–Kier alpha value is -3.04. The van der Waals surface area contributed by atoms with Crippen LogP contribution in [0.1, 0.15) is 36.8 Å². The van der Waals surface area contributed by atoms with Crippen LogP contribution >= 0.6 is 0 Å². The molecule has 0 aliphatic heterocycles. The monoisotopic (exact) mass is 574 g/mol. The van der Waals surface area contributed by atoms with Crippen molar-refractivity contribution in [2.24, 2.45) is 0 Å². The van der Waals surface area contributed by atoms with Crippen LogP contribution in [0.25, 0.3) is 24.3 Å². The minimum Gasteiger partial charge on any atom is -0.508 e. The minimum absolute atomic E-state index is 0. The van der Waals surface area contributed by atoms with Gasteiger partial charge in [0.2, 0.25) is 0 Å². The van der Waals surface area contributed by atoms with Crippen molar-refractivity contribution in [2.75, 3.05) is 0 Å². The maximum atomic E-state index is 12.0. The summed E-state index contributed by atoms with van der Waals surface area (Å²) in [5, 5.41) is 23.0. The first kappa shape index (κ1) is 28.5. The fourth-order valence-electron chi connectivity index (χ4n) is 4.34. The van der Waals surface area contributed by atoms with Crippen molar-refractivity contribution in [1.82, 2.24) is 0 Å². The van der Waals surface area contributed by atoms with Gasteiger partial charge in [-0.2, -0.15) is 34.7 Å². The Bertz CT molecular complexity index is 1280. The molecule has 37 heavy (non-hydrogen) atoms. The Morgan fingerprint density at radius 1 is 0.568 bits per heavy atom. The van der Waals surface area contributed by atoms with E-state index in [1.54, 1.807) is 0 Å². The molecule has 4 aromatic carbocycles. The largest absolute Gasteiger partial charge is 2.00 e. The summed E-state index contributed by atoms with van der Waals surface area (Å²) >= 11 is 0. The average Bonchev–Trinajstić information content (AvgIpc) is 3.50. The molecule has 0 fully saturated rings. The van der Waals surface area contributed by atoms with Gasteiger partial charge in [0.1, 0.15) is 23.1 Å². The Morgan fingerprint density at radius 2 is 0.919 bits per heavy atom. The number of hydrogen-bond acceptors (Lipinski definition) is 2. The van der Waals surface area contributed by atoms with Crippen LogP contribution < -0.4 is 20.9 Å². The van der Waals surface area contributed by atoms with Gasteiger partial charge in [0.05, 0.1) is 0 Å². The standard InChI is InChI=1S/C20H20.2C6H5FO.Zr/c1-2-6-18-12-15(11-17(18)5-1)9-10-16-13-19-7-3-4-8-20(19)14-16;2*7-5-1-3-6(8)4-2-5;/h5-8,11-14H,1-4,9-10H2;2*1-4,8H;/q-2;;;+2. The predicted molar refractivity (Wildman–Crippen MR) is 142 cm³/mol. The van der Waals surface area contributed by atoms with Crippen molar-refractivity contribution in [3.8, 4) is 11.5 Å². The van der Waals surface area contributed by atoms with Gasteiger partial charge in [0.15, 0.2) is 0 Å². The van der Waals surface area contributed by atoms with Gasteiger partial charge in [-0.15, -0.1) is 45.8 Å². The van der Waals surface area contributed by atoms with Crippen molar-refractivity contribution in [3.63, 3.8) is 0 Å². The van der Waals surface area contributed by atoms with E-state index in [-0.39, 0.29) is 49.3 Å². The third kappa shape index (κ3) is 8.79. The quantitative estimate of drug-likeness (QED) is 0.349. The van der Waals surface area contributed by atoms with E-state index in [0.29, 0.717) is 0 Å². The van der Waals surface area contributed by atoms with Crippen molar-refractivity contribution in [3.05, 3.63) is 116 Å². The van der Waals surface area contributed by atoms with Gasteiger partial charge in [-0.25, -0.2) is 8.78 Å². The molecule has 0 amide bonds. The van der Waals surface area contributed by atoms with Crippen LogP contribution in [0.15, 0.2) is 72.8 Å². The van der Waals surface area contributed by atoms with Crippen LogP contribution in [0.5, 0.6) is 11.5 Å². The molecule has 0 saturated carbocycles. The molecule has 2 aliphatic rings. The van der Waals surface area contributed by atoms with Crippen LogP contribution in [0.2, 0.25) is 0 Å². The second-order valence-electron chi connectivity index (χ2n) is 8.97. The molecule has 2 aliphatic carbocycles. The number of rotatable bonds is 3. The number of phenolic OH excluding ortho intramolecular Hbond substituents is 2. The van der Waals surface area contributed by atoms with Gasteiger partial charge in [0, 0.05) is 0 Å². The van der Waals surface area contributed by atoms with Gasteiger partial charge in [-0.3, -0.25) is 0 Å². The molecular weight excluding hydrogens is 546 g/mol. The number of hydrogen-bond donors (Lipinski definition) is 2. The summed E-state index contributed by atoms with van der Waals surface area (Å²) in [6.45, 7) is 0. The number of benzene rings is 2. The van der Waals surface area contributed by atoms with Gasteiger partial charge in [0.25, 0.3) is 0 Å². The van der Waals surface area contributed by atoms with Crippen molar-refractivity contribution < 1.29 is 45.2 Å². The zero-order valence-electron chi connectivity index (χ0n) is 20.6. The molecule has 0 aromatic heterocycles. The zero-order valence-corrected chi connectivity index (χ0v) is 23.1. The molecule has 2 N–H and O–H groups in total. The maximum Gasteiger partial charge on any atom is 2.00 e. The molecule has 6 rings (SSSR count). The fourth-order valence-corrected chi connectivity index (χ4v) is 4.34. The van der Waals surface area contributed by atoms with Gasteiger partial charge in [-0.1, -0.05) is 12.8 Å². The molecule has 0 bridgehead atoms. The molecule has 5 heteroatoms. The first-order valence-corrected chi connectivity index (χ1v) is 12.3. The molecular formula is C32H30F2O2Zr. The maximum absolute atomic E-state index is 12.0. The molecule has 0 saturated heterocycles. The van der Waals surface area contributed by atoms with Gasteiger partial charge < -0.3 is 10.2 Å². The second-order valence-corrected chi connectivity index (χ2v) is 8.97. The summed E-state index contributed by atoms with van der Waals surface area (Å²) in [6.07, 6.45) is 16.7. The van der Waals surface area contributed by atoms with Crippen LogP contribution in [-0.4, -0.2) is 10.2 Å². The van der Waals surface area contributed by atoms with E-state index in [4.69, 9.17) is 10.2 Å². The summed E-state index contributed by atoms with van der Waals surface area (Å²) in [6, 6.07) is 19.5. The summed E-state index contributed by atoms with van der Waals surface area (Å²) < 4.78 is 24.0. The van der Waals surface area contributed by atoms with Crippen LogP contribution in [0, 0.1) is 11.6 Å². The SMILES string of the molecule is C1=c2cc(CCc3cc4c([cH-]3)=CCCC=4)[cH-]c2=CCC1.Oc1ccc(F)cc1.Oc1ccc(F)cc1.[Zr+2]. The Kier molecular flexibility index (Phi) is 10.8. The average molecular weight is 576 g/mol. The summed E-state index contributed by atoms with van der Waals surface area (Å²) in [7, 11) is 0. The van der Waals surface area contributed by atoms with E-state index in [0.717, 1.165) is 12.8 Å². The third-order valence-corrected chi connectivity index (χ3v) is 6.18. The van der Waals surface area contributed by atoms with E-state index in [9.17, 15) is 8.78 Å². The van der Waals surface area contributed by atoms with E-state index < -0.39 is 0 Å². The second kappa shape index (κ2) is 14.0. The molecule has 0 radical (unpaired) electrons. The molecule has 0 unspecified atom stereocenters. The van der Waals surface area contributed by atoms with Crippen LogP contribution in [-0.2, 0) is 39.0 Å². The minimum atomic E-state index is -0.331. The van der Waals surface area contributed by atoms with Gasteiger partial charge in [-0.05, 0) is 74.2 Å². The van der Waals surface area contributed by atoms with Crippen LogP contribution in [0.4, 0.5) is 8.78 Å².